The molecule has 0 bridgehead atoms. The Bertz CT molecular complexity index is 396. The Morgan fingerprint density at radius 1 is 1.31 bits per heavy atom. The molecular weight excluding hydrogens is 198 g/mol. The van der Waals surface area contributed by atoms with Crippen LogP contribution in [0.15, 0.2) is 18.2 Å². The number of benzene rings is 1. The van der Waals surface area contributed by atoms with Gasteiger partial charge in [0.05, 0.1) is 7.11 Å². The lowest BCUT2D eigenvalue weighted by Crippen LogP contribution is -2.06. The molecule has 0 spiro atoms. The lowest BCUT2D eigenvalue weighted by molar-refractivity contribution is 0.412. The fraction of sp³-hybridized carbons (Fsp3) is 0.429. The van der Waals surface area contributed by atoms with E-state index in [0.717, 1.165) is 12.2 Å². The molecule has 1 aromatic carbocycles. The molecule has 2 nitrogen and oxygen atoms in total. The van der Waals surface area contributed by atoms with E-state index < -0.39 is 0 Å². The number of hydrogen-bond donors (Lipinski definition) is 1. The quantitative estimate of drug-likeness (QED) is 0.844. The first-order valence-electron chi connectivity index (χ1n) is 5.92. The molecule has 2 N–H and O–H groups in total. The molecule has 0 heterocycles. The molecule has 0 aliphatic heterocycles. The van der Waals surface area contributed by atoms with E-state index in [-0.39, 0.29) is 0 Å². The summed E-state index contributed by atoms with van der Waals surface area (Å²) in [5.41, 5.74) is 9.67. The van der Waals surface area contributed by atoms with E-state index in [1.165, 1.54) is 36.0 Å². The van der Waals surface area contributed by atoms with Crippen LogP contribution in [0.5, 0.6) is 5.75 Å². The van der Waals surface area contributed by atoms with Crippen molar-refractivity contribution >= 4 is 6.08 Å². The zero-order valence-electron chi connectivity index (χ0n) is 9.83. The number of nitrogens with two attached hydrogens (primary N) is 1. The molecule has 86 valence electrons. The van der Waals surface area contributed by atoms with Crippen molar-refractivity contribution in [3.8, 4) is 5.75 Å². The molecule has 0 saturated heterocycles. The van der Waals surface area contributed by atoms with Crippen LogP contribution in [-0.4, -0.2) is 13.7 Å². The maximum atomic E-state index is 5.52. The summed E-state index contributed by atoms with van der Waals surface area (Å²) in [6.45, 7) is 0.576. The number of ether oxygens (including phenoxy) is 1. The van der Waals surface area contributed by atoms with Crippen LogP contribution in [0.2, 0.25) is 0 Å². The second-order valence-electron chi connectivity index (χ2n) is 4.16. The normalized spacial score (nSPS) is 15.1. The summed E-state index contributed by atoms with van der Waals surface area (Å²) >= 11 is 0. The molecule has 0 radical (unpaired) electrons. The largest absolute Gasteiger partial charge is 0.496 e. The number of hydrogen-bond acceptors (Lipinski definition) is 2. The molecule has 16 heavy (non-hydrogen) atoms. The SMILES string of the molecule is COc1ccc2c(c1/C=C/CN)CCCC2. The number of aryl methyl sites for hydroxylation is 1. The van der Waals surface area contributed by atoms with Gasteiger partial charge in [0.1, 0.15) is 5.75 Å². The van der Waals surface area contributed by atoms with Crippen molar-refractivity contribution in [3.05, 3.63) is 34.9 Å². The minimum atomic E-state index is 0.576. The van der Waals surface area contributed by atoms with Crippen molar-refractivity contribution in [2.45, 2.75) is 25.7 Å². The fourth-order valence-corrected chi connectivity index (χ4v) is 2.38. The van der Waals surface area contributed by atoms with Crippen molar-refractivity contribution in [2.75, 3.05) is 13.7 Å². The monoisotopic (exact) mass is 217 g/mol. The van der Waals surface area contributed by atoms with Crippen LogP contribution in [0.25, 0.3) is 6.08 Å². The van der Waals surface area contributed by atoms with E-state index in [9.17, 15) is 0 Å². The molecule has 0 unspecified atom stereocenters. The first-order valence-corrected chi connectivity index (χ1v) is 5.92. The molecule has 2 heteroatoms. The van der Waals surface area contributed by atoms with Crippen LogP contribution in [0.1, 0.15) is 29.5 Å². The summed E-state index contributed by atoms with van der Waals surface area (Å²) in [5.74, 6) is 0.963. The summed E-state index contributed by atoms with van der Waals surface area (Å²) in [5, 5.41) is 0. The summed E-state index contributed by atoms with van der Waals surface area (Å²) in [4.78, 5) is 0. The zero-order valence-corrected chi connectivity index (χ0v) is 9.83. The average molecular weight is 217 g/mol. The van der Waals surface area contributed by atoms with E-state index in [2.05, 4.69) is 18.2 Å². The van der Waals surface area contributed by atoms with Crippen molar-refractivity contribution in [3.63, 3.8) is 0 Å². The Morgan fingerprint density at radius 3 is 2.88 bits per heavy atom. The Labute approximate surface area is 97.1 Å². The van der Waals surface area contributed by atoms with Gasteiger partial charge in [0, 0.05) is 12.1 Å². The van der Waals surface area contributed by atoms with Crippen molar-refractivity contribution in [1.29, 1.82) is 0 Å². The van der Waals surface area contributed by atoms with Crippen LogP contribution in [-0.2, 0) is 12.8 Å². The molecule has 0 saturated carbocycles. The van der Waals surface area contributed by atoms with Gasteiger partial charge in [-0.2, -0.15) is 0 Å². The van der Waals surface area contributed by atoms with E-state index >= 15 is 0 Å². The first kappa shape index (κ1) is 11.2. The van der Waals surface area contributed by atoms with Gasteiger partial charge in [-0.05, 0) is 42.9 Å². The van der Waals surface area contributed by atoms with E-state index in [1.54, 1.807) is 7.11 Å². The highest BCUT2D eigenvalue weighted by atomic mass is 16.5. The Morgan fingerprint density at radius 2 is 2.12 bits per heavy atom. The standard InChI is InChI=1S/C14H19NO/c1-16-14-9-8-11-5-2-3-6-12(11)13(14)7-4-10-15/h4,7-9H,2-3,5-6,10,15H2,1H3/b7-4+. The molecule has 0 fully saturated rings. The summed E-state index contributed by atoms with van der Waals surface area (Å²) in [6, 6.07) is 4.27. The van der Waals surface area contributed by atoms with Gasteiger partial charge in [-0.25, -0.2) is 0 Å². The smallest absolute Gasteiger partial charge is 0.126 e. The van der Waals surface area contributed by atoms with Crippen LogP contribution in [0, 0.1) is 0 Å². The zero-order chi connectivity index (χ0) is 11.4. The third-order valence-corrected chi connectivity index (χ3v) is 3.18. The molecule has 1 aliphatic carbocycles. The fourth-order valence-electron chi connectivity index (χ4n) is 2.38. The second-order valence-corrected chi connectivity index (χ2v) is 4.16. The molecule has 2 rings (SSSR count). The van der Waals surface area contributed by atoms with Crippen molar-refractivity contribution in [1.82, 2.24) is 0 Å². The number of rotatable bonds is 3. The van der Waals surface area contributed by atoms with Gasteiger partial charge in [-0.3, -0.25) is 0 Å². The van der Waals surface area contributed by atoms with E-state index in [0.29, 0.717) is 6.54 Å². The van der Waals surface area contributed by atoms with Crippen LogP contribution in [0.3, 0.4) is 0 Å². The lowest BCUT2D eigenvalue weighted by atomic mass is 9.87. The van der Waals surface area contributed by atoms with Crippen LogP contribution in [0.4, 0.5) is 0 Å². The van der Waals surface area contributed by atoms with E-state index in [1.807, 2.05) is 6.08 Å². The van der Waals surface area contributed by atoms with Gasteiger partial charge in [0.2, 0.25) is 0 Å². The average Bonchev–Trinajstić information content (AvgIpc) is 2.35. The second kappa shape index (κ2) is 5.17. The third kappa shape index (κ3) is 2.12. The molecule has 0 atom stereocenters. The first-order chi connectivity index (χ1) is 7.86. The lowest BCUT2D eigenvalue weighted by Gasteiger charge is -2.20. The number of methoxy groups -OCH3 is 1. The molecule has 1 aliphatic rings. The Balaban J connectivity index is 2.47. The highest BCUT2D eigenvalue weighted by Gasteiger charge is 2.14. The predicted octanol–water partition coefficient (Wildman–Crippen LogP) is 2.55. The Kier molecular flexibility index (Phi) is 3.62. The third-order valence-electron chi connectivity index (χ3n) is 3.18. The van der Waals surface area contributed by atoms with Gasteiger partial charge in [-0.15, -0.1) is 0 Å². The highest BCUT2D eigenvalue weighted by Crippen LogP contribution is 2.31. The maximum absolute atomic E-state index is 5.52. The minimum absolute atomic E-state index is 0.576. The molecule has 0 amide bonds. The van der Waals surface area contributed by atoms with E-state index in [4.69, 9.17) is 10.5 Å². The van der Waals surface area contributed by atoms with Gasteiger partial charge in [0.15, 0.2) is 0 Å². The van der Waals surface area contributed by atoms with Crippen molar-refractivity contribution < 1.29 is 4.74 Å². The predicted molar refractivity (Wildman–Crippen MR) is 67.7 cm³/mol. The summed E-state index contributed by atoms with van der Waals surface area (Å²) in [6.07, 6.45) is 9.04. The summed E-state index contributed by atoms with van der Waals surface area (Å²) in [7, 11) is 1.73. The molecular formula is C14H19NO. The summed E-state index contributed by atoms with van der Waals surface area (Å²) < 4.78 is 5.42. The maximum Gasteiger partial charge on any atom is 0.126 e. The minimum Gasteiger partial charge on any atom is -0.496 e. The number of fused-ring (bicyclic) bond motifs is 1. The van der Waals surface area contributed by atoms with Gasteiger partial charge < -0.3 is 10.5 Å². The molecule has 0 aromatic heterocycles. The van der Waals surface area contributed by atoms with Crippen molar-refractivity contribution in [2.24, 2.45) is 5.73 Å². The Hall–Kier alpha value is -1.28. The highest BCUT2D eigenvalue weighted by molar-refractivity contribution is 5.63. The van der Waals surface area contributed by atoms with Gasteiger partial charge >= 0.3 is 0 Å². The van der Waals surface area contributed by atoms with Gasteiger partial charge in [0.25, 0.3) is 0 Å². The van der Waals surface area contributed by atoms with Crippen LogP contribution < -0.4 is 10.5 Å². The topological polar surface area (TPSA) is 35.2 Å². The van der Waals surface area contributed by atoms with Crippen LogP contribution >= 0.6 is 0 Å². The van der Waals surface area contributed by atoms with Gasteiger partial charge in [-0.1, -0.05) is 18.2 Å². The molecule has 1 aromatic rings.